The number of rotatable bonds is 4. The number of nitrogens with one attached hydrogen (secondary N) is 1. The summed E-state index contributed by atoms with van der Waals surface area (Å²) in [6, 6.07) is 18.0. The van der Waals surface area contributed by atoms with Crippen LogP contribution in [0.3, 0.4) is 0 Å². The van der Waals surface area contributed by atoms with Crippen molar-refractivity contribution in [3.8, 4) is 0 Å². The molecule has 0 aliphatic rings. The second kappa shape index (κ2) is 7.39. The lowest BCUT2D eigenvalue weighted by Crippen LogP contribution is -2.14. The lowest BCUT2D eigenvalue weighted by molar-refractivity contribution is -0.111. The summed E-state index contributed by atoms with van der Waals surface area (Å²) in [5.41, 5.74) is 1.68. The Labute approximate surface area is 149 Å². The van der Waals surface area contributed by atoms with Crippen LogP contribution in [0, 0.1) is 0 Å². The summed E-state index contributed by atoms with van der Waals surface area (Å²) in [5, 5.41) is 3.48. The van der Waals surface area contributed by atoms with E-state index in [-0.39, 0.29) is 5.91 Å². The maximum absolute atomic E-state index is 12.8. The summed E-state index contributed by atoms with van der Waals surface area (Å²) in [4.78, 5) is 12.8. The van der Waals surface area contributed by atoms with Crippen LogP contribution in [-0.2, 0) is 4.79 Å². The second-order valence-corrected chi connectivity index (χ2v) is 5.78. The third kappa shape index (κ3) is 3.70. The first kappa shape index (κ1) is 16.4. The zero-order chi connectivity index (χ0) is 16.9. The maximum Gasteiger partial charge on any atom is 0.256 e. The number of halogens is 2. The normalized spacial score (nSPS) is 11.3. The van der Waals surface area contributed by atoms with Crippen molar-refractivity contribution >= 4 is 46.4 Å². The van der Waals surface area contributed by atoms with Gasteiger partial charge in [-0.05, 0) is 35.9 Å². The molecule has 3 rings (SSSR count). The van der Waals surface area contributed by atoms with Gasteiger partial charge in [0.1, 0.15) is 5.76 Å². The van der Waals surface area contributed by atoms with Crippen molar-refractivity contribution in [1.29, 1.82) is 0 Å². The molecule has 0 radical (unpaired) electrons. The number of carbonyl (C=O) groups excluding carboxylic acids is 1. The molecule has 1 heterocycles. The fraction of sp³-hybridized carbons (Fsp3) is 0. The minimum absolute atomic E-state index is 0.304. The van der Waals surface area contributed by atoms with Gasteiger partial charge in [-0.15, -0.1) is 0 Å². The average molecular weight is 358 g/mol. The van der Waals surface area contributed by atoms with Crippen LogP contribution in [-0.4, -0.2) is 5.91 Å². The smallest absolute Gasteiger partial charge is 0.256 e. The molecule has 3 nitrogen and oxygen atoms in total. The highest BCUT2D eigenvalue weighted by Gasteiger charge is 2.15. The van der Waals surface area contributed by atoms with E-state index < -0.39 is 0 Å². The largest absolute Gasteiger partial charge is 0.465 e. The van der Waals surface area contributed by atoms with Gasteiger partial charge in [-0.3, -0.25) is 4.79 Å². The van der Waals surface area contributed by atoms with Crippen molar-refractivity contribution in [3.63, 3.8) is 0 Å². The van der Waals surface area contributed by atoms with E-state index in [4.69, 9.17) is 27.6 Å². The molecule has 0 atom stereocenters. The van der Waals surface area contributed by atoms with Gasteiger partial charge in [-0.25, -0.2) is 0 Å². The number of amides is 1. The monoisotopic (exact) mass is 357 g/mol. The van der Waals surface area contributed by atoms with Crippen LogP contribution in [0.15, 0.2) is 71.3 Å². The lowest BCUT2D eigenvalue weighted by Gasteiger charge is -2.11. The minimum Gasteiger partial charge on any atom is -0.465 e. The molecule has 0 spiro atoms. The molecule has 120 valence electrons. The molecule has 1 amide bonds. The molecular weight excluding hydrogens is 345 g/mol. The first-order chi connectivity index (χ1) is 11.6. The predicted molar refractivity (Wildman–Crippen MR) is 98.1 cm³/mol. The van der Waals surface area contributed by atoms with Gasteiger partial charge < -0.3 is 9.73 Å². The Morgan fingerprint density at radius 1 is 0.958 bits per heavy atom. The van der Waals surface area contributed by atoms with Crippen molar-refractivity contribution in [2.75, 3.05) is 5.32 Å². The zero-order valence-corrected chi connectivity index (χ0v) is 14.0. The molecule has 0 aliphatic heterocycles. The van der Waals surface area contributed by atoms with Gasteiger partial charge >= 0.3 is 0 Å². The molecule has 2 aromatic carbocycles. The topological polar surface area (TPSA) is 42.2 Å². The summed E-state index contributed by atoms with van der Waals surface area (Å²) in [5.74, 6) is 0.281. The van der Waals surface area contributed by atoms with E-state index >= 15 is 0 Å². The van der Waals surface area contributed by atoms with Gasteiger partial charge in [0.05, 0.1) is 27.6 Å². The molecule has 0 saturated heterocycles. The van der Waals surface area contributed by atoms with E-state index in [1.165, 1.54) is 0 Å². The third-order valence-electron chi connectivity index (χ3n) is 3.36. The van der Waals surface area contributed by atoms with Crippen LogP contribution in [0.1, 0.15) is 11.3 Å². The van der Waals surface area contributed by atoms with Gasteiger partial charge in [0, 0.05) is 0 Å². The van der Waals surface area contributed by atoms with Crippen molar-refractivity contribution in [2.45, 2.75) is 0 Å². The van der Waals surface area contributed by atoms with Crippen molar-refractivity contribution in [3.05, 3.63) is 88.3 Å². The molecule has 1 aromatic heterocycles. The van der Waals surface area contributed by atoms with Crippen LogP contribution in [0.4, 0.5) is 5.69 Å². The first-order valence-corrected chi connectivity index (χ1v) is 7.97. The number of furan rings is 1. The zero-order valence-electron chi connectivity index (χ0n) is 12.5. The van der Waals surface area contributed by atoms with E-state index in [0.29, 0.717) is 27.1 Å². The minimum atomic E-state index is -0.304. The van der Waals surface area contributed by atoms with E-state index in [0.717, 1.165) is 5.56 Å². The Balaban J connectivity index is 1.97. The first-order valence-electron chi connectivity index (χ1n) is 7.21. The molecule has 0 bridgehead atoms. The highest BCUT2D eigenvalue weighted by molar-refractivity contribution is 6.44. The summed E-state index contributed by atoms with van der Waals surface area (Å²) in [6.45, 7) is 0. The Bertz CT molecular complexity index is 872. The number of carbonyl (C=O) groups is 1. The van der Waals surface area contributed by atoms with Crippen LogP contribution in [0.5, 0.6) is 0 Å². The van der Waals surface area contributed by atoms with Gasteiger partial charge in [0.25, 0.3) is 5.91 Å². The van der Waals surface area contributed by atoms with Gasteiger partial charge in [0.2, 0.25) is 0 Å². The SMILES string of the molecule is O=C(Nc1cccc(Cl)c1Cl)/C(=C/c1ccco1)c1ccccc1. The number of benzene rings is 2. The molecule has 0 fully saturated rings. The van der Waals surface area contributed by atoms with Crippen molar-refractivity contribution in [1.82, 2.24) is 0 Å². The van der Waals surface area contributed by atoms with Crippen LogP contribution >= 0.6 is 23.2 Å². The molecule has 5 heteroatoms. The fourth-order valence-corrected chi connectivity index (χ4v) is 2.55. The van der Waals surface area contributed by atoms with Gasteiger partial charge in [0.15, 0.2) is 0 Å². The quantitative estimate of drug-likeness (QED) is 0.602. The Morgan fingerprint density at radius 2 is 1.75 bits per heavy atom. The van der Waals surface area contributed by atoms with E-state index in [9.17, 15) is 4.79 Å². The predicted octanol–water partition coefficient (Wildman–Crippen LogP) is 5.77. The average Bonchev–Trinajstić information content (AvgIpc) is 3.11. The standard InChI is InChI=1S/C19H13Cl2NO2/c20-16-9-4-10-17(18(16)21)22-19(23)15(12-14-8-5-11-24-14)13-6-2-1-3-7-13/h1-12H,(H,22,23)/b15-12+. The van der Waals surface area contributed by atoms with E-state index in [1.54, 1.807) is 42.7 Å². The summed E-state index contributed by atoms with van der Waals surface area (Å²) >= 11 is 12.1. The molecule has 0 unspecified atom stereocenters. The number of hydrogen-bond donors (Lipinski definition) is 1. The van der Waals surface area contributed by atoms with E-state index in [2.05, 4.69) is 5.32 Å². The van der Waals surface area contributed by atoms with E-state index in [1.807, 2.05) is 30.3 Å². The third-order valence-corrected chi connectivity index (χ3v) is 4.18. The molecule has 24 heavy (non-hydrogen) atoms. The molecule has 0 saturated carbocycles. The molecular formula is C19H13Cl2NO2. The number of hydrogen-bond acceptors (Lipinski definition) is 2. The van der Waals surface area contributed by atoms with Crippen molar-refractivity contribution < 1.29 is 9.21 Å². The van der Waals surface area contributed by atoms with Gasteiger partial charge in [-0.2, -0.15) is 0 Å². The maximum atomic E-state index is 12.8. The van der Waals surface area contributed by atoms with Gasteiger partial charge in [-0.1, -0.05) is 59.6 Å². The summed E-state index contributed by atoms with van der Waals surface area (Å²) in [6.07, 6.45) is 3.24. The molecule has 3 aromatic rings. The van der Waals surface area contributed by atoms with Crippen LogP contribution in [0.25, 0.3) is 11.6 Å². The highest BCUT2D eigenvalue weighted by Crippen LogP contribution is 2.30. The van der Waals surface area contributed by atoms with Crippen molar-refractivity contribution in [2.24, 2.45) is 0 Å². The Hall–Kier alpha value is -2.49. The highest BCUT2D eigenvalue weighted by atomic mass is 35.5. The lowest BCUT2D eigenvalue weighted by atomic mass is 10.0. The molecule has 1 N–H and O–H groups in total. The molecule has 0 aliphatic carbocycles. The number of anilines is 1. The van der Waals surface area contributed by atoms with Crippen LogP contribution < -0.4 is 5.32 Å². The Morgan fingerprint density at radius 3 is 2.46 bits per heavy atom. The second-order valence-electron chi connectivity index (χ2n) is 4.99. The van der Waals surface area contributed by atoms with Crippen LogP contribution in [0.2, 0.25) is 10.0 Å². The Kier molecular flexibility index (Phi) is 5.04. The summed E-state index contributed by atoms with van der Waals surface area (Å²) in [7, 11) is 0. The summed E-state index contributed by atoms with van der Waals surface area (Å²) < 4.78 is 5.33. The fourth-order valence-electron chi connectivity index (χ4n) is 2.20.